The molecule has 0 aliphatic carbocycles. The number of nitrogens with two attached hydrogens (primary N) is 1. The summed E-state index contributed by atoms with van der Waals surface area (Å²) < 4.78 is 7.38. The number of hydrogen-bond donors (Lipinski definition) is 1. The highest BCUT2D eigenvalue weighted by molar-refractivity contribution is 6.04. The van der Waals surface area contributed by atoms with Crippen molar-refractivity contribution in [2.75, 3.05) is 19.3 Å². The molecule has 4 aromatic rings. The Balaban J connectivity index is 1.26. The number of para-hydroxylation sites is 3. The smallest absolute Gasteiger partial charge is 0.169 e. The van der Waals surface area contributed by atoms with Crippen LogP contribution in [0.2, 0.25) is 0 Å². The van der Waals surface area contributed by atoms with Gasteiger partial charge in [0, 0.05) is 34.1 Å². The summed E-state index contributed by atoms with van der Waals surface area (Å²) >= 11 is 0. The average molecular weight is 529 g/mol. The van der Waals surface area contributed by atoms with Crippen LogP contribution < -0.4 is 15.0 Å². The fourth-order valence-corrected chi connectivity index (χ4v) is 7.04. The molecule has 0 saturated carbocycles. The number of fused-ring (bicyclic) bond motifs is 3. The number of quaternary nitrogens is 1. The van der Waals surface area contributed by atoms with Gasteiger partial charge < -0.3 is 10.5 Å². The van der Waals surface area contributed by atoms with Crippen LogP contribution in [0.5, 0.6) is 11.5 Å². The van der Waals surface area contributed by atoms with Crippen molar-refractivity contribution in [3.8, 4) is 11.5 Å². The molecule has 0 bridgehead atoms. The third-order valence-electron chi connectivity index (χ3n) is 9.70. The molecule has 3 unspecified atom stereocenters. The number of anilines is 1. The summed E-state index contributed by atoms with van der Waals surface area (Å²) in [5, 5.41) is 0. The highest BCUT2D eigenvalue weighted by Gasteiger charge is 2.55. The topological polar surface area (TPSA) is 47.6 Å². The molecule has 3 atom stereocenters. The number of aryl methyl sites for hydroxylation is 1. The molecule has 4 nitrogen and oxygen atoms in total. The van der Waals surface area contributed by atoms with E-state index in [4.69, 9.17) is 15.5 Å². The van der Waals surface area contributed by atoms with E-state index in [2.05, 4.69) is 101 Å². The molecule has 0 radical (unpaired) electrons. The van der Waals surface area contributed by atoms with Crippen molar-refractivity contribution >= 4 is 22.8 Å². The molecule has 0 spiro atoms. The zero-order valence-electron chi connectivity index (χ0n) is 23.9. The molecule has 3 aliphatic rings. The Kier molecular flexibility index (Phi) is 5.69. The van der Waals surface area contributed by atoms with E-state index >= 15 is 0 Å². The molecule has 1 saturated heterocycles. The van der Waals surface area contributed by atoms with Crippen molar-refractivity contribution in [2.24, 2.45) is 10.9 Å². The van der Waals surface area contributed by atoms with Gasteiger partial charge >= 0.3 is 0 Å². The van der Waals surface area contributed by atoms with E-state index in [-0.39, 0.29) is 5.41 Å². The van der Waals surface area contributed by atoms with Gasteiger partial charge in [0.1, 0.15) is 18.0 Å². The van der Waals surface area contributed by atoms with Crippen LogP contribution in [-0.2, 0) is 11.8 Å². The fraction of sp³-hybridized carbons (Fsp3) is 0.306. The van der Waals surface area contributed by atoms with Crippen molar-refractivity contribution < 1.29 is 4.74 Å². The number of nitrogens with zero attached hydrogens (tertiary/aromatic N) is 2. The molecule has 4 aromatic carbocycles. The third kappa shape index (κ3) is 3.88. The van der Waals surface area contributed by atoms with Gasteiger partial charge in [0.2, 0.25) is 0 Å². The Labute approximate surface area is 237 Å². The molecule has 0 amide bonds. The molecule has 3 aliphatic heterocycles. The second kappa shape index (κ2) is 9.07. The van der Waals surface area contributed by atoms with Crippen LogP contribution in [0.4, 0.5) is 17.1 Å². The van der Waals surface area contributed by atoms with E-state index in [9.17, 15) is 0 Å². The number of benzene rings is 4. The van der Waals surface area contributed by atoms with Gasteiger partial charge in [-0.15, -0.1) is 0 Å². The molecule has 202 valence electrons. The Morgan fingerprint density at radius 3 is 2.45 bits per heavy atom. The molecule has 1 fully saturated rings. The van der Waals surface area contributed by atoms with E-state index in [0.717, 1.165) is 53.2 Å². The maximum absolute atomic E-state index is 6.54. The van der Waals surface area contributed by atoms with E-state index < -0.39 is 0 Å². The van der Waals surface area contributed by atoms with Crippen LogP contribution in [0.25, 0.3) is 0 Å². The molecule has 0 aromatic heterocycles. The predicted molar refractivity (Wildman–Crippen MR) is 166 cm³/mol. The van der Waals surface area contributed by atoms with E-state index in [0.29, 0.717) is 12.0 Å². The standard InChI is InChI=1S/C36H38N3O/c1-5-23-14-15-24-10-6-8-12-30(24)38-35(23)26-17-19-34-28(21-26)36(2,3)27-20-25(16-18-33(27)40-34)32-22-39(32,4)31-13-9-7-11-29(31)37/h6-13,16-21,23,32H,5,14-15,22,37H2,1-4H3/q+1. The van der Waals surface area contributed by atoms with Crippen molar-refractivity contribution in [3.05, 3.63) is 113 Å². The average Bonchev–Trinajstić information content (AvgIpc) is 3.69. The van der Waals surface area contributed by atoms with Crippen molar-refractivity contribution in [2.45, 2.75) is 51.5 Å². The summed E-state index contributed by atoms with van der Waals surface area (Å²) in [4.78, 5) is 5.26. The van der Waals surface area contributed by atoms with Gasteiger partial charge in [0.15, 0.2) is 11.7 Å². The molecule has 40 heavy (non-hydrogen) atoms. The summed E-state index contributed by atoms with van der Waals surface area (Å²) in [6.07, 6.45) is 3.28. The number of hydrogen-bond acceptors (Lipinski definition) is 3. The van der Waals surface area contributed by atoms with Crippen LogP contribution in [0.1, 0.15) is 67.5 Å². The molecule has 2 N–H and O–H groups in total. The van der Waals surface area contributed by atoms with Gasteiger partial charge in [0.25, 0.3) is 0 Å². The number of ether oxygens (including phenoxy) is 1. The van der Waals surface area contributed by atoms with Crippen LogP contribution in [0, 0.1) is 5.92 Å². The first-order chi connectivity index (χ1) is 19.3. The minimum absolute atomic E-state index is 0.204. The van der Waals surface area contributed by atoms with E-state index in [1.54, 1.807) is 0 Å². The first-order valence-corrected chi connectivity index (χ1v) is 14.6. The second-order valence-electron chi connectivity index (χ2n) is 12.5. The maximum atomic E-state index is 6.54. The summed E-state index contributed by atoms with van der Waals surface area (Å²) in [6, 6.07) is 30.8. The minimum Gasteiger partial charge on any atom is -0.457 e. The van der Waals surface area contributed by atoms with Crippen LogP contribution in [0.15, 0.2) is 89.9 Å². The fourth-order valence-electron chi connectivity index (χ4n) is 7.04. The summed E-state index contributed by atoms with van der Waals surface area (Å²) in [5.41, 5.74) is 16.9. The predicted octanol–water partition coefficient (Wildman–Crippen LogP) is 8.49. The highest BCUT2D eigenvalue weighted by atomic mass is 16.5. The molecule has 4 heteroatoms. The minimum atomic E-state index is -0.204. The Morgan fingerprint density at radius 2 is 1.65 bits per heavy atom. The van der Waals surface area contributed by atoms with Crippen LogP contribution >= 0.6 is 0 Å². The van der Waals surface area contributed by atoms with E-state index in [1.165, 1.54) is 39.2 Å². The lowest BCUT2D eigenvalue weighted by molar-refractivity contribution is 0.417. The lowest BCUT2D eigenvalue weighted by Crippen LogP contribution is -2.26. The van der Waals surface area contributed by atoms with Gasteiger partial charge in [-0.3, -0.25) is 9.48 Å². The first kappa shape index (κ1) is 25.1. The zero-order chi connectivity index (χ0) is 27.6. The quantitative estimate of drug-likeness (QED) is 0.164. The monoisotopic (exact) mass is 528 g/mol. The van der Waals surface area contributed by atoms with Crippen molar-refractivity contribution in [1.29, 1.82) is 0 Å². The number of rotatable bonds is 4. The SMILES string of the molecule is CCC1CCc2ccccc2N=C1c1ccc2c(c1)C(C)(C)c1cc(C3C[N+]3(C)c3ccccc3N)ccc1O2. The Morgan fingerprint density at radius 1 is 0.925 bits per heavy atom. The van der Waals surface area contributed by atoms with Crippen LogP contribution in [0.3, 0.4) is 0 Å². The van der Waals surface area contributed by atoms with Gasteiger partial charge in [-0.2, -0.15) is 0 Å². The van der Waals surface area contributed by atoms with E-state index in [1.807, 2.05) is 12.1 Å². The normalized spacial score (nSPS) is 24.1. The lowest BCUT2D eigenvalue weighted by atomic mass is 9.74. The Bertz CT molecular complexity index is 1670. The van der Waals surface area contributed by atoms with Gasteiger partial charge in [-0.1, -0.05) is 51.1 Å². The van der Waals surface area contributed by atoms with Crippen LogP contribution in [-0.4, -0.2) is 19.3 Å². The summed E-state index contributed by atoms with van der Waals surface area (Å²) in [6.45, 7) is 8.00. The molecular formula is C36H38N3O+. The molecule has 3 heterocycles. The lowest BCUT2D eigenvalue weighted by Gasteiger charge is -2.35. The maximum Gasteiger partial charge on any atom is 0.169 e. The summed E-state index contributed by atoms with van der Waals surface area (Å²) in [7, 11) is 2.29. The second-order valence-corrected chi connectivity index (χ2v) is 12.5. The van der Waals surface area contributed by atoms with Crippen molar-refractivity contribution in [3.63, 3.8) is 0 Å². The molecule has 7 rings (SSSR count). The first-order valence-electron chi connectivity index (χ1n) is 14.6. The summed E-state index contributed by atoms with van der Waals surface area (Å²) in [5.74, 6) is 2.34. The number of aliphatic imine (C=N–C) groups is 1. The van der Waals surface area contributed by atoms with Gasteiger partial charge in [-0.05, 0) is 78.9 Å². The zero-order valence-corrected chi connectivity index (χ0v) is 23.9. The van der Waals surface area contributed by atoms with Crippen molar-refractivity contribution in [1.82, 2.24) is 4.48 Å². The van der Waals surface area contributed by atoms with Gasteiger partial charge in [-0.25, -0.2) is 0 Å². The Hall–Kier alpha value is -3.89. The number of nitrogen functional groups attached to an aromatic ring is 1. The highest BCUT2D eigenvalue weighted by Crippen LogP contribution is 2.53. The number of likely N-dealkylation sites (N-methyl/N-ethyl adjacent to an activating group) is 1. The largest absolute Gasteiger partial charge is 0.457 e. The van der Waals surface area contributed by atoms with Gasteiger partial charge in [0.05, 0.1) is 24.1 Å². The third-order valence-corrected chi connectivity index (χ3v) is 9.70. The molecular weight excluding hydrogens is 490 g/mol.